The Kier molecular flexibility index (Phi) is 5.43. The van der Waals surface area contributed by atoms with Crippen molar-refractivity contribution < 1.29 is 9.53 Å². The predicted molar refractivity (Wildman–Crippen MR) is 65.2 cm³/mol. The van der Waals surface area contributed by atoms with Crippen LogP contribution in [0, 0.1) is 16.7 Å². The van der Waals surface area contributed by atoms with E-state index in [0.29, 0.717) is 19.4 Å². The fourth-order valence-electron chi connectivity index (χ4n) is 2.21. The highest BCUT2D eigenvalue weighted by molar-refractivity contribution is 5.85. The number of carbonyl (C=O) groups is 1. The summed E-state index contributed by atoms with van der Waals surface area (Å²) in [5.74, 6) is -0.120. The van der Waals surface area contributed by atoms with E-state index in [4.69, 9.17) is 4.74 Å². The molecular formula is C13H22N2O2. The first-order chi connectivity index (χ1) is 8.14. The molecule has 1 aliphatic carbocycles. The summed E-state index contributed by atoms with van der Waals surface area (Å²) < 4.78 is 5.08. The van der Waals surface area contributed by atoms with Crippen LogP contribution in [0.5, 0.6) is 0 Å². The van der Waals surface area contributed by atoms with Crippen molar-refractivity contribution >= 4 is 5.91 Å². The molecule has 1 atom stereocenters. The molecule has 0 heterocycles. The van der Waals surface area contributed by atoms with Crippen molar-refractivity contribution in [3.8, 4) is 6.07 Å². The van der Waals surface area contributed by atoms with E-state index in [1.165, 1.54) is 0 Å². The molecule has 1 N–H and O–H groups in total. The standard InChI is InChI=1S/C13H22N2O2/c1-11(17-2)9-15-12(16)13(10-14)7-5-3-4-6-8-13/h11H,3-9H2,1-2H3,(H,15,16). The van der Waals surface area contributed by atoms with Gasteiger partial charge in [0.1, 0.15) is 5.41 Å². The summed E-state index contributed by atoms with van der Waals surface area (Å²) >= 11 is 0. The van der Waals surface area contributed by atoms with Crippen LogP contribution in [0.1, 0.15) is 45.4 Å². The maximum absolute atomic E-state index is 12.1. The van der Waals surface area contributed by atoms with E-state index in [1.807, 2.05) is 6.92 Å². The molecule has 1 unspecified atom stereocenters. The van der Waals surface area contributed by atoms with E-state index < -0.39 is 5.41 Å². The highest BCUT2D eigenvalue weighted by Crippen LogP contribution is 2.34. The Morgan fingerprint density at radius 2 is 2.00 bits per heavy atom. The summed E-state index contributed by atoms with van der Waals surface area (Å²) in [4.78, 5) is 12.1. The molecule has 0 bridgehead atoms. The zero-order valence-corrected chi connectivity index (χ0v) is 10.8. The fourth-order valence-corrected chi connectivity index (χ4v) is 2.21. The van der Waals surface area contributed by atoms with Crippen molar-refractivity contribution in [3.63, 3.8) is 0 Å². The van der Waals surface area contributed by atoms with Gasteiger partial charge in [-0.3, -0.25) is 4.79 Å². The molecule has 1 fully saturated rings. The Balaban J connectivity index is 2.59. The normalized spacial score (nSPS) is 21.0. The summed E-state index contributed by atoms with van der Waals surface area (Å²) in [6.45, 7) is 2.37. The molecule has 1 saturated carbocycles. The first-order valence-corrected chi connectivity index (χ1v) is 6.37. The predicted octanol–water partition coefficient (Wildman–Crippen LogP) is 2.00. The van der Waals surface area contributed by atoms with Crippen LogP contribution in [-0.2, 0) is 9.53 Å². The number of hydrogen-bond donors (Lipinski definition) is 1. The van der Waals surface area contributed by atoms with Gasteiger partial charge in [-0.1, -0.05) is 25.7 Å². The Morgan fingerprint density at radius 1 is 1.41 bits per heavy atom. The molecule has 0 aliphatic heterocycles. The second kappa shape index (κ2) is 6.61. The number of nitrogens with one attached hydrogen (secondary N) is 1. The zero-order valence-electron chi connectivity index (χ0n) is 10.8. The summed E-state index contributed by atoms with van der Waals surface area (Å²) in [5.41, 5.74) is -0.802. The molecular weight excluding hydrogens is 216 g/mol. The van der Waals surface area contributed by atoms with Crippen LogP contribution in [0.15, 0.2) is 0 Å². The molecule has 0 saturated heterocycles. The molecule has 4 nitrogen and oxygen atoms in total. The van der Waals surface area contributed by atoms with Gasteiger partial charge in [0.05, 0.1) is 12.2 Å². The molecule has 0 radical (unpaired) electrons. The minimum absolute atomic E-state index is 0.0135. The van der Waals surface area contributed by atoms with Gasteiger partial charge in [-0.25, -0.2) is 0 Å². The third-order valence-corrected chi connectivity index (χ3v) is 3.56. The number of hydrogen-bond acceptors (Lipinski definition) is 3. The molecule has 4 heteroatoms. The zero-order chi connectivity index (χ0) is 12.7. The Labute approximate surface area is 103 Å². The summed E-state index contributed by atoms with van der Waals surface area (Å²) in [5, 5.41) is 12.2. The molecule has 17 heavy (non-hydrogen) atoms. The van der Waals surface area contributed by atoms with Crippen molar-refractivity contribution in [1.29, 1.82) is 5.26 Å². The van der Waals surface area contributed by atoms with E-state index in [2.05, 4.69) is 11.4 Å². The summed E-state index contributed by atoms with van der Waals surface area (Å²) in [6.07, 6.45) is 5.58. The van der Waals surface area contributed by atoms with Crippen LogP contribution in [0.2, 0.25) is 0 Å². The molecule has 96 valence electrons. The summed E-state index contributed by atoms with van der Waals surface area (Å²) in [7, 11) is 1.61. The van der Waals surface area contributed by atoms with Crippen LogP contribution < -0.4 is 5.32 Å². The summed E-state index contributed by atoms with van der Waals surface area (Å²) in [6, 6.07) is 2.25. The van der Waals surface area contributed by atoms with Gasteiger partial charge in [-0.2, -0.15) is 5.26 Å². The van der Waals surface area contributed by atoms with Gasteiger partial charge >= 0.3 is 0 Å². The topological polar surface area (TPSA) is 62.1 Å². The lowest BCUT2D eigenvalue weighted by atomic mass is 9.81. The number of rotatable bonds is 4. The van der Waals surface area contributed by atoms with Crippen LogP contribution in [-0.4, -0.2) is 25.7 Å². The third kappa shape index (κ3) is 3.71. The van der Waals surface area contributed by atoms with Crippen molar-refractivity contribution in [2.24, 2.45) is 5.41 Å². The molecule has 1 aliphatic rings. The van der Waals surface area contributed by atoms with Crippen molar-refractivity contribution in [1.82, 2.24) is 5.32 Å². The van der Waals surface area contributed by atoms with Crippen molar-refractivity contribution in [2.75, 3.05) is 13.7 Å². The maximum atomic E-state index is 12.1. The van der Waals surface area contributed by atoms with Crippen LogP contribution in [0.4, 0.5) is 0 Å². The quantitative estimate of drug-likeness (QED) is 0.762. The lowest BCUT2D eigenvalue weighted by molar-refractivity contribution is -0.129. The van der Waals surface area contributed by atoms with E-state index >= 15 is 0 Å². The lowest BCUT2D eigenvalue weighted by Gasteiger charge is -2.24. The second-order valence-electron chi connectivity index (χ2n) is 4.86. The number of methoxy groups -OCH3 is 1. The van der Waals surface area contributed by atoms with Crippen LogP contribution in [0.3, 0.4) is 0 Å². The van der Waals surface area contributed by atoms with Gasteiger partial charge in [0.15, 0.2) is 0 Å². The number of carbonyl (C=O) groups excluding carboxylic acids is 1. The molecule has 0 aromatic heterocycles. The van der Waals surface area contributed by atoms with Gasteiger partial charge in [0.2, 0.25) is 5.91 Å². The number of ether oxygens (including phenoxy) is 1. The molecule has 0 aromatic rings. The van der Waals surface area contributed by atoms with E-state index in [9.17, 15) is 10.1 Å². The number of amides is 1. The SMILES string of the molecule is COC(C)CNC(=O)C1(C#N)CCCCCC1. The van der Waals surface area contributed by atoms with E-state index in [-0.39, 0.29) is 12.0 Å². The minimum atomic E-state index is -0.802. The van der Waals surface area contributed by atoms with Crippen molar-refractivity contribution in [3.05, 3.63) is 0 Å². The molecule has 1 amide bonds. The van der Waals surface area contributed by atoms with Gasteiger partial charge in [0, 0.05) is 13.7 Å². The Hall–Kier alpha value is -1.08. The third-order valence-electron chi connectivity index (χ3n) is 3.56. The highest BCUT2D eigenvalue weighted by atomic mass is 16.5. The van der Waals surface area contributed by atoms with Crippen LogP contribution in [0.25, 0.3) is 0 Å². The number of nitriles is 1. The van der Waals surface area contributed by atoms with Crippen molar-refractivity contribution in [2.45, 2.75) is 51.6 Å². The minimum Gasteiger partial charge on any atom is -0.380 e. The fraction of sp³-hybridized carbons (Fsp3) is 0.846. The Bertz CT molecular complexity index is 288. The average Bonchev–Trinajstić information content (AvgIpc) is 2.61. The highest BCUT2D eigenvalue weighted by Gasteiger charge is 2.38. The van der Waals surface area contributed by atoms with Gasteiger partial charge in [-0.05, 0) is 19.8 Å². The average molecular weight is 238 g/mol. The monoisotopic (exact) mass is 238 g/mol. The second-order valence-corrected chi connectivity index (χ2v) is 4.86. The molecule has 0 spiro atoms. The lowest BCUT2D eigenvalue weighted by Crippen LogP contribution is -2.42. The number of nitrogens with zero attached hydrogens (tertiary/aromatic N) is 1. The van der Waals surface area contributed by atoms with Gasteiger partial charge < -0.3 is 10.1 Å². The molecule has 0 aromatic carbocycles. The smallest absolute Gasteiger partial charge is 0.240 e. The van der Waals surface area contributed by atoms with Gasteiger partial charge in [-0.15, -0.1) is 0 Å². The van der Waals surface area contributed by atoms with Crippen LogP contribution >= 0.6 is 0 Å². The van der Waals surface area contributed by atoms with Gasteiger partial charge in [0.25, 0.3) is 0 Å². The Morgan fingerprint density at radius 3 is 2.47 bits per heavy atom. The van der Waals surface area contributed by atoms with E-state index in [1.54, 1.807) is 7.11 Å². The van der Waals surface area contributed by atoms with E-state index in [0.717, 1.165) is 25.7 Å². The first-order valence-electron chi connectivity index (χ1n) is 6.37. The largest absolute Gasteiger partial charge is 0.380 e. The maximum Gasteiger partial charge on any atom is 0.240 e. The first kappa shape index (κ1) is 14.0. The molecule has 1 rings (SSSR count).